The number of esters is 1. The maximum atomic E-state index is 12.3. The van der Waals surface area contributed by atoms with Gasteiger partial charge in [-0.2, -0.15) is 0 Å². The summed E-state index contributed by atoms with van der Waals surface area (Å²) in [6.07, 6.45) is 13.8. The second-order valence-corrected chi connectivity index (χ2v) is 6.63. The monoisotopic (exact) mass is 324 g/mol. The van der Waals surface area contributed by atoms with Crippen molar-refractivity contribution in [3.05, 3.63) is 22.2 Å². The van der Waals surface area contributed by atoms with Crippen LogP contribution in [-0.2, 0) is 9.53 Å². The first-order chi connectivity index (χ1) is 9.75. The van der Waals surface area contributed by atoms with Crippen LogP contribution < -0.4 is 0 Å². The van der Waals surface area contributed by atoms with E-state index in [4.69, 9.17) is 40.8 Å². The Balaban J connectivity index is 2.76. The number of hydrogen-bond donors (Lipinski definition) is 0. The molecular formula is C17H18Cl2O2. The average Bonchev–Trinajstić information content (AvgIpc) is 2.93. The molecule has 4 heteroatoms. The van der Waals surface area contributed by atoms with Gasteiger partial charge in [0.15, 0.2) is 6.10 Å². The standard InChI is InChI=1S/C17H18Cl2O2/c1-6-8-9-11(3)13(7-2)21-16(20)15-12(10-14(18)19)17(15,4)5/h1-2,9-10,12-13,15H,8H2,3-5H3. The fourth-order valence-corrected chi connectivity index (χ4v) is 2.62. The van der Waals surface area contributed by atoms with Crippen molar-refractivity contribution in [1.82, 2.24) is 0 Å². The van der Waals surface area contributed by atoms with Crippen molar-refractivity contribution in [2.24, 2.45) is 17.3 Å². The van der Waals surface area contributed by atoms with Crippen molar-refractivity contribution in [2.45, 2.75) is 33.3 Å². The predicted octanol–water partition coefficient (Wildman–Crippen LogP) is 4.09. The SMILES string of the molecule is C#CCC=C(C)C(C#C)OC(=O)C1C(C=C(Cl)Cl)C1(C)C. The molecule has 0 aromatic rings. The third-order valence-electron chi connectivity index (χ3n) is 3.81. The van der Waals surface area contributed by atoms with Gasteiger partial charge in [-0.05, 0) is 29.9 Å². The summed E-state index contributed by atoms with van der Waals surface area (Å²) in [5.41, 5.74) is 0.520. The molecule has 0 amide bonds. The molecule has 0 aromatic carbocycles. The second-order valence-electron chi connectivity index (χ2n) is 5.62. The molecule has 3 unspecified atom stereocenters. The fourth-order valence-electron chi connectivity index (χ4n) is 2.35. The summed E-state index contributed by atoms with van der Waals surface area (Å²) in [5.74, 6) is 4.28. The highest BCUT2D eigenvalue weighted by atomic mass is 35.5. The van der Waals surface area contributed by atoms with Gasteiger partial charge in [0.25, 0.3) is 0 Å². The fraction of sp³-hybridized carbons (Fsp3) is 0.471. The Morgan fingerprint density at radius 3 is 2.52 bits per heavy atom. The summed E-state index contributed by atoms with van der Waals surface area (Å²) < 4.78 is 5.56. The van der Waals surface area contributed by atoms with E-state index in [1.807, 2.05) is 13.8 Å². The summed E-state index contributed by atoms with van der Waals surface area (Å²) in [7, 11) is 0. The van der Waals surface area contributed by atoms with Gasteiger partial charge in [0.05, 0.1) is 5.92 Å². The molecule has 0 saturated heterocycles. The molecule has 1 rings (SSSR count). The van der Waals surface area contributed by atoms with E-state index >= 15 is 0 Å². The molecule has 21 heavy (non-hydrogen) atoms. The average molecular weight is 325 g/mol. The largest absolute Gasteiger partial charge is 0.444 e. The lowest BCUT2D eigenvalue weighted by Crippen LogP contribution is -2.20. The molecule has 0 N–H and O–H groups in total. The Morgan fingerprint density at radius 2 is 2.05 bits per heavy atom. The van der Waals surface area contributed by atoms with Crippen molar-refractivity contribution in [2.75, 3.05) is 0 Å². The Morgan fingerprint density at radius 1 is 1.43 bits per heavy atom. The number of carbonyl (C=O) groups excluding carboxylic acids is 1. The summed E-state index contributed by atoms with van der Waals surface area (Å²) in [6, 6.07) is 0. The van der Waals surface area contributed by atoms with Crippen LogP contribution in [0.4, 0.5) is 0 Å². The van der Waals surface area contributed by atoms with Crippen LogP contribution in [0, 0.1) is 41.9 Å². The minimum Gasteiger partial charge on any atom is -0.444 e. The van der Waals surface area contributed by atoms with Crippen molar-refractivity contribution in [3.63, 3.8) is 0 Å². The maximum Gasteiger partial charge on any atom is 0.311 e. The first kappa shape index (κ1) is 17.7. The van der Waals surface area contributed by atoms with Crippen LogP contribution in [0.1, 0.15) is 27.2 Å². The van der Waals surface area contributed by atoms with Gasteiger partial charge in [0.1, 0.15) is 4.49 Å². The van der Waals surface area contributed by atoms with E-state index < -0.39 is 6.10 Å². The van der Waals surface area contributed by atoms with E-state index in [0.29, 0.717) is 6.42 Å². The highest BCUT2D eigenvalue weighted by molar-refractivity contribution is 6.55. The molecule has 112 valence electrons. The van der Waals surface area contributed by atoms with Gasteiger partial charge >= 0.3 is 5.97 Å². The van der Waals surface area contributed by atoms with Crippen LogP contribution in [0.3, 0.4) is 0 Å². The lowest BCUT2D eigenvalue weighted by molar-refractivity contribution is -0.147. The van der Waals surface area contributed by atoms with Gasteiger partial charge in [-0.1, -0.05) is 49.0 Å². The lowest BCUT2D eigenvalue weighted by Gasteiger charge is -2.13. The van der Waals surface area contributed by atoms with E-state index in [9.17, 15) is 4.79 Å². The zero-order valence-electron chi connectivity index (χ0n) is 12.3. The molecule has 2 nitrogen and oxygen atoms in total. The van der Waals surface area contributed by atoms with Crippen molar-refractivity contribution in [1.29, 1.82) is 0 Å². The molecule has 1 aliphatic rings. The molecule has 0 spiro atoms. The minimum atomic E-state index is -0.696. The second kappa shape index (κ2) is 7.08. The summed E-state index contributed by atoms with van der Waals surface area (Å²) in [6.45, 7) is 5.71. The number of rotatable bonds is 5. The van der Waals surface area contributed by atoms with Crippen LogP contribution in [0.5, 0.6) is 0 Å². The molecule has 0 aliphatic heterocycles. The normalized spacial score (nSPS) is 24.2. The van der Waals surface area contributed by atoms with E-state index in [1.165, 1.54) is 0 Å². The van der Waals surface area contributed by atoms with Gasteiger partial charge in [-0.3, -0.25) is 4.79 Å². The molecular weight excluding hydrogens is 307 g/mol. The predicted molar refractivity (Wildman–Crippen MR) is 86.5 cm³/mol. The molecule has 1 fully saturated rings. The molecule has 0 heterocycles. The number of carbonyl (C=O) groups is 1. The molecule has 0 radical (unpaired) electrons. The van der Waals surface area contributed by atoms with E-state index in [2.05, 4.69) is 11.8 Å². The van der Waals surface area contributed by atoms with E-state index in [1.54, 1.807) is 19.1 Å². The number of hydrogen-bond acceptors (Lipinski definition) is 2. The van der Waals surface area contributed by atoms with Crippen LogP contribution in [0.15, 0.2) is 22.2 Å². The Bertz CT molecular complexity index is 554. The molecule has 0 aromatic heterocycles. The Kier molecular flexibility index (Phi) is 5.97. The minimum absolute atomic E-state index is 0.0385. The lowest BCUT2D eigenvalue weighted by atomic mass is 10.1. The first-order valence-corrected chi connectivity index (χ1v) is 7.30. The number of ether oxygens (including phenoxy) is 1. The Hall–Kier alpha value is -1.35. The summed E-state index contributed by atoms with van der Waals surface area (Å²) >= 11 is 11.3. The number of terminal acetylenes is 2. The molecule has 1 saturated carbocycles. The number of halogens is 2. The van der Waals surface area contributed by atoms with Crippen molar-refractivity contribution in [3.8, 4) is 24.7 Å². The third-order valence-corrected chi connectivity index (χ3v) is 4.06. The summed E-state index contributed by atoms with van der Waals surface area (Å²) in [4.78, 5) is 12.3. The smallest absolute Gasteiger partial charge is 0.311 e. The maximum absolute atomic E-state index is 12.3. The van der Waals surface area contributed by atoms with Crippen LogP contribution in [-0.4, -0.2) is 12.1 Å². The summed E-state index contributed by atoms with van der Waals surface area (Å²) in [5, 5.41) is 0. The van der Waals surface area contributed by atoms with Gasteiger partial charge in [0.2, 0.25) is 0 Å². The highest BCUT2D eigenvalue weighted by Gasteiger charge is 2.61. The Labute approximate surface area is 136 Å². The van der Waals surface area contributed by atoms with Crippen LogP contribution >= 0.6 is 23.2 Å². The van der Waals surface area contributed by atoms with Crippen LogP contribution in [0.2, 0.25) is 0 Å². The zero-order chi connectivity index (χ0) is 16.2. The van der Waals surface area contributed by atoms with E-state index in [0.717, 1.165) is 5.57 Å². The molecule has 1 aliphatic carbocycles. The molecule has 3 atom stereocenters. The van der Waals surface area contributed by atoms with Gasteiger partial charge < -0.3 is 4.74 Å². The van der Waals surface area contributed by atoms with E-state index in [-0.39, 0.29) is 27.7 Å². The van der Waals surface area contributed by atoms with Gasteiger partial charge in [0, 0.05) is 6.42 Å². The van der Waals surface area contributed by atoms with Gasteiger partial charge in [-0.25, -0.2) is 0 Å². The van der Waals surface area contributed by atoms with Crippen LogP contribution in [0.25, 0.3) is 0 Å². The first-order valence-electron chi connectivity index (χ1n) is 6.55. The molecule has 0 bridgehead atoms. The van der Waals surface area contributed by atoms with Crippen molar-refractivity contribution < 1.29 is 9.53 Å². The quantitative estimate of drug-likeness (QED) is 0.432. The zero-order valence-corrected chi connectivity index (χ0v) is 13.8. The van der Waals surface area contributed by atoms with Crippen molar-refractivity contribution >= 4 is 29.2 Å². The third kappa shape index (κ3) is 4.31. The number of allylic oxidation sites excluding steroid dienone is 2. The van der Waals surface area contributed by atoms with Gasteiger partial charge in [-0.15, -0.1) is 18.8 Å². The highest BCUT2D eigenvalue weighted by Crippen LogP contribution is 2.60. The topological polar surface area (TPSA) is 26.3 Å².